The number of nitrogens with zero attached hydrogens (tertiary/aromatic N) is 1. The Morgan fingerprint density at radius 2 is 1.68 bits per heavy atom. The van der Waals surface area contributed by atoms with Crippen molar-refractivity contribution >= 4 is 17.9 Å². The van der Waals surface area contributed by atoms with Gasteiger partial charge in [0.2, 0.25) is 5.91 Å². The van der Waals surface area contributed by atoms with E-state index in [0.717, 1.165) is 18.4 Å². The highest BCUT2D eigenvalue weighted by atomic mass is 16.6. The van der Waals surface area contributed by atoms with Crippen molar-refractivity contribution in [2.45, 2.75) is 66.0 Å². The van der Waals surface area contributed by atoms with Gasteiger partial charge < -0.3 is 20.3 Å². The third kappa shape index (κ3) is 7.89. The molecule has 2 rings (SSSR count). The van der Waals surface area contributed by atoms with Crippen molar-refractivity contribution in [1.82, 2.24) is 15.5 Å². The molecule has 1 unspecified atom stereocenters. The maximum absolute atomic E-state index is 13.1. The summed E-state index contributed by atoms with van der Waals surface area (Å²) in [5, 5.41) is 5.74. The lowest BCUT2D eigenvalue weighted by Gasteiger charge is -2.35. The van der Waals surface area contributed by atoms with E-state index in [1.165, 1.54) is 0 Å². The predicted molar refractivity (Wildman–Crippen MR) is 121 cm³/mol. The number of benzene rings is 1. The molecule has 1 heterocycles. The summed E-state index contributed by atoms with van der Waals surface area (Å²) in [5.74, 6) is 0.00202. The van der Waals surface area contributed by atoms with Crippen molar-refractivity contribution in [2.24, 2.45) is 11.8 Å². The Hall–Kier alpha value is -2.57. The minimum Gasteiger partial charge on any atom is -0.444 e. The second-order valence-electron chi connectivity index (χ2n) is 9.71. The van der Waals surface area contributed by atoms with E-state index in [1.54, 1.807) is 12.1 Å². The van der Waals surface area contributed by atoms with Crippen LogP contribution >= 0.6 is 0 Å². The monoisotopic (exact) mass is 431 g/mol. The van der Waals surface area contributed by atoms with Gasteiger partial charge in [0.1, 0.15) is 11.6 Å². The van der Waals surface area contributed by atoms with Crippen LogP contribution in [-0.4, -0.2) is 54.1 Å². The topological polar surface area (TPSA) is 87.7 Å². The van der Waals surface area contributed by atoms with E-state index in [1.807, 2.05) is 58.6 Å². The van der Waals surface area contributed by atoms with Gasteiger partial charge in [-0.15, -0.1) is 0 Å². The molecule has 31 heavy (non-hydrogen) atoms. The molecule has 0 bridgehead atoms. The molecule has 3 amide bonds. The molecule has 1 aromatic carbocycles. The van der Waals surface area contributed by atoms with Crippen molar-refractivity contribution in [1.29, 1.82) is 0 Å². The molecular formula is C24H37N3O4. The fourth-order valence-electron chi connectivity index (χ4n) is 3.54. The van der Waals surface area contributed by atoms with Crippen LogP contribution in [0.1, 0.15) is 63.4 Å². The molecule has 7 heteroatoms. The SMILES string of the molecule is Cc1ccc(C(=O)NC(C(=O)N2CCC(CNC(=O)OC(C)(C)C)CC2)C(C)C)cc1. The predicted octanol–water partition coefficient (Wildman–Crippen LogP) is 3.51. The average molecular weight is 432 g/mol. The number of amides is 3. The standard InChI is InChI=1S/C24H37N3O4/c1-16(2)20(26-21(28)19-9-7-17(3)8-10-19)22(29)27-13-11-18(12-14-27)15-25-23(30)31-24(4,5)6/h7-10,16,18,20H,11-15H2,1-6H3,(H,25,30)(H,26,28). The molecule has 0 radical (unpaired) electrons. The number of piperidine rings is 1. The minimum absolute atomic E-state index is 0.0199. The van der Waals surface area contributed by atoms with Crippen molar-refractivity contribution in [3.05, 3.63) is 35.4 Å². The molecule has 7 nitrogen and oxygen atoms in total. The summed E-state index contributed by atoms with van der Waals surface area (Å²) in [5.41, 5.74) is 1.11. The van der Waals surface area contributed by atoms with Gasteiger partial charge in [-0.2, -0.15) is 0 Å². The second kappa shape index (κ2) is 10.6. The third-order valence-electron chi connectivity index (χ3n) is 5.39. The average Bonchev–Trinajstić information content (AvgIpc) is 2.69. The van der Waals surface area contributed by atoms with Crippen molar-refractivity contribution in [2.75, 3.05) is 19.6 Å². The second-order valence-corrected chi connectivity index (χ2v) is 9.71. The van der Waals surface area contributed by atoms with Crippen LogP contribution < -0.4 is 10.6 Å². The lowest BCUT2D eigenvalue weighted by atomic mass is 9.95. The highest BCUT2D eigenvalue weighted by Crippen LogP contribution is 2.19. The Balaban J connectivity index is 1.86. The molecule has 0 aromatic heterocycles. The largest absolute Gasteiger partial charge is 0.444 e. The Morgan fingerprint density at radius 1 is 1.10 bits per heavy atom. The van der Waals surface area contributed by atoms with E-state index >= 15 is 0 Å². The maximum atomic E-state index is 13.1. The number of alkyl carbamates (subject to hydrolysis) is 1. The quantitative estimate of drug-likeness (QED) is 0.721. The maximum Gasteiger partial charge on any atom is 0.407 e. The first kappa shape index (κ1) is 24.7. The number of carbonyl (C=O) groups is 3. The number of likely N-dealkylation sites (tertiary alicyclic amines) is 1. The molecule has 1 aliphatic rings. The molecule has 0 spiro atoms. The minimum atomic E-state index is -0.565. The number of carbonyl (C=O) groups excluding carboxylic acids is 3. The fraction of sp³-hybridized carbons (Fsp3) is 0.625. The summed E-state index contributed by atoms with van der Waals surface area (Å²) in [4.78, 5) is 39.4. The Labute approximate surface area is 185 Å². The Kier molecular flexibility index (Phi) is 8.48. The van der Waals surface area contributed by atoms with E-state index in [2.05, 4.69) is 10.6 Å². The van der Waals surface area contributed by atoms with E-state index in [0.29, 0.717) is 31.1 Å². The molecule has 2 N–H and O–H groups in total. The van der Waals surface area contributed by atoms with Crippen molar-refractivity contribution < 1.29 is 19.1 Å². The number of hydrogen-bond acceptors (Lipinski definition) is 4. The van der Waals surface area contributed by atoms with Gasteiger partial charge in [-0.1, -0.05) is 31.5 Å². The summed E-state index contributed by atoms with van der Waals surface area (Å²) in [6.45, 7) is 13.1. The normalized spacial score (nSPS) is 16.0. The third-order valence-corrected chi connectivity index (χ3v) is 5.39. The Bertz CT molecular complexity index is 760. The number of hydrogen-bond donors (Lipinski definition) is 2. The molecule has 0 aliphatic carbocycles. The molecule has 1 fully saturated rings. The van der Waals surface area contributed by atoms with Crippen molar-refractivity contribution in [3.8, 4) is 0 Å². The highest BCUT2D eigenvalue weighted by Gasteiger charge is 2.31. The molecule has 1 aromatic rings. The van der Waals surface area contributed by atoms with Crippen LogP contribution in [0, 0.1) is 18.8 Å². The first-order valence-corrected chi connectivity index (χ1v) is 11.1. The molecule has 1 aliphatic heterocycles. The van der Waals surface area contributed by atoms with Gasteiger partial charge in [-0.3, -0.25) is 9.59 Å². The van der Waals surface area contributed by atoms with Gasteiger partial charge in [0.15, 0.2) is 0 Å². The molecular weight excluding hydrogens is 394 g/mol. The first-order chi connectivity index (χ1) is 14.5. The summed E-state index contributed by atoms with van der Waals surface area (Å²) in [6.07, 6.45) is 1.20. The molecule has 1 atom stereocenters. The first-order valence-electron chi connectivity index (χ1n) is 11.1. The van der Waals surface area contributed by atoms with Crippen LogP contribution in [-0.2, 0) is 9.53 Å². The van der Waals surface area contributed by atoms with Crippen LogP contribution in [0.3, 0.4) is 0 Å². The smallest absolute Gasteiger partial charge is 0.407 e. The fourth-order valence-corrected chi connectivity index (χ4v) is 3.54. The van der Waals surface area contributed by atoms with E-state index in [-0.39, 0.29) is 17.7 Å². The van der Waals surface area contributed by atoms with Gasteiger partial charge in [-0.05, 0) is 64.5 Å². The van der Waals surface area contributed by atoms with E-state index in [9.17, 15) is 14.4 Å². The van der Waals surface area contributed by atoms with Gasteiger partial charge in [0.25, 0.3) is 5.91 Å². The van der Waals surface area contributed by atoms with Gasteiger partial charge in [0.05, 0.1) is 0 Å². The lowest BCUT2D eigenvalue weighted by Crippen LogP contribution is -2.53. The number of aryl methyl sites for hydroxylation is 1. The number of nitrogens with one attached hydrogen (secondary N) is 2. The number of rotatable bonds is 6. The number of ether oxygens (including phenoxy) is 1. The Morgan fingerprint density at radius 3 is 2.19 bits per heavy atom. The summed E-state index contributed by atoms with van der Waals surface area (Å²) in [6, 6.07) is 6.75. The van der Waals surface area contributed by atoms with Crippen LogP contribution in [0.15, 0.2) is 24.3 Å². The van der Waals surface area contributed by atoms with Gasteiger partial charge >= 0.3 is 6.09 Å². The lowest BCUT2D eigenvalue weighted by molar-refractivity contribution is -0.135. The van der Waals surface area contributed by atoms with Crippen LogP contribution in [0.4, 0.5) is 4.79 Å². The summed E-state index contributed by atoms with van der Waals surface area (Å²) >= 11 is 0. The van der Waals surface area contributed by atoms with Crippen molar-refractivity contribution in [3.63, 3.8) is 0 Å². The zero-order valence-electron chi connectivity index (χ0n) is 19.7. The zero-order chi connectivity index (χ0) is 23.2. The molecule has 1 saturated heterocycles. The van der Waals surface area contributed by atoms with Crippen LogP contribution in [0.2, 0.25) is 0 Å². The van der Waals surface area contributed by atoms with Gasteiger partial charge in [-0.25, -0.2) is 4.79 Å². The van der Waals surface area contributed by atoms with Crippen LogP contribution in [0.25, 0.3) is 0 Å². The summed E-state index contributed by atoms with van der Waals surface area (Å²) in [7, 11) is 0. The molecule has 172 valence electrons. The highest BCUT2D eigenvalue weighted by molar-refractivity contribution is 5.97. The summed E-state index contributed by atoms with van der Waals surface area (Å²) < 4.78 is 5.27. The van der Waals surface area contributed by atoms with Crippen LogP contribution in [0.5, 0.6) is 0 Å². The van der Waals surface area contributed by atoms with Gasteiger partial charge in [0, 0.05) is 25.2 Å². The van der Waals surface area contributed by atoms with E-state index < -0.39 is 17.7 Å². The zero-order valence-corrected chi connectivity index (χ0v) is 19.7. The molecule has 0 saturated carbocycles. The van der Waals surface area contributed by atoms with E-state index in [4.69, 9.17) is 4.74 Å².